The van der Waals surface area contributed by atoms with Gasteiger partial charge in [0.1, 0.15) is 0 Å². The van der Waals surface area contributed by atoms with E-state index in [2.05, 4.69) is 11.4 Å². The van der Waals surface area contributed by atoms with Gasteiger partial charge < -0.3 is 10.4 Å². The number of hydrogen-bond donors (Lipinski definition) is 2. The van der Waals surface area contributed by atoms with Crippen molar-refractivity contribution in [2.75, 3.05) is 5.32 Å². The van der Waals surface area contributed by atoms with Crippen molar-refractivity contribution in [3.8, 4) is 11.8 Å². The third kappa shape index (κ3) is 3.02. The maximum atomic E-state index is 13.2. The van der Waals surface area contributed by atoms with E-state index >= 15 is 0 Å². The summed E-state index contributed by atoms with van der Waals surface area (Å²) in [6.07, 6.45) is 0. The normalized spacial score (nSPS) is 9.95. The Morgan fingerprint density at radius 3 is 2.74 bits per heavy atom. The Labute approximate surface area is 110 Å². The summed E-state index contributed by atoms with van der Waals surface area (Å²) in [6.45, 7) is 2.35. The first-order valence-corrected chi connectivity index (χ1v) is 5.82. The number of nitrogens with zero attached hydrogens (tertiary/aromatic N) is 1. The van der Waals surface area contributed by atoms with Gasteiger partial charge in [-0.15, -0.1) is 0 Å². The number of nitriles is 1. The summed E-state index contributed by atoms with van der Waals surface area (Å²) in [6, 6.07) is 11.7. The zero-order chi connectivity index (χ0) is 13.8. The largest absolute Gasteiger partial charge is 0.505 e. The van der Waals surface area contributed by atoms with Crippen molar-refractivity contribution in [1.82, 2.24) is 0 Å². The van der Waals surface area contributed by atoms with Gasteiger partial charge in [0.05, 0.1) is 11.6 Å². The number of phenols is 1. The molecule has 0 aliphatic heterocycles. The van der Waals surface area contributed by atoms with Crippen molar-refractivity contribution in [2.45, 2.75) is 13.5 Å². The molecule has 0 aromatic heterocycles. The molecule has 2 aromatic carbocycles. The van der Waals surface area contributed by atoms with E-state index in [-0.39, 0.29) is 5.75 Å². The fraction of sp³-hybridized carbons (Fsp3) is 0.133. The first kappa shape index (κ1) is 12.9. The Kier molecular flexibility index (Phi) is 3.67. The summed E-state index contributed by atoms with van der Waals surface area (Å²) >= 11 is 0. The van der Waals surface area contributed by atoms with E-state index in [9.17, 15) is 4.39 Å². The summed E-state index contributed by atoms with van der Waals surface area (Å²) in [5.74, 6) is -0.992. The molecular weight excluding hydrogens is 243 g/mol. The van der Waals surface area contributed by atoms with Crippen molar-refractivity contribution in [1.29, 1.82) is 5.26 Å². The second-order valence-electron chi connectivity index (χ2n) is 4.28. The molecule has 0 radical (unpaired) electrons. The highest BCUT2D eigenvalue weighted by Gasteiger charge is 2.03. The van der Waals surface area contributed by atoms with E-state index < -0.39 is 5.82 Å². The van der Waals surface area contributed by atoms with Crippen LogP contribution in [0.25, 0.3) is 0 Å². The lowest BCUT2D eigenvalue weighted by Gasteiger charge is -2.10. The lowest BCUT2D eigenvalue weighted by molar-refractivity contribution is 0.432. The van der Waals surface area contributed by atoms with Crippen LogP contribution >= 0.6 is 0 Å². The third-order valence-electron chi connectivity index (χ3n) is 2.86. The smallest absolute Gasteiger partial charge is 0.165 e. The molecule has 0 spiro atoms. The van der Waals surface area contributed by atoms with Gasteiger partial charge >= 0.3 is 0 Å². The number of halogens is 1. The zero-order valence-corrected chi connectivity index (χ0v) is 10.4. The van der Waals surface area contributed by atoms with Crippen LogP contribution in [0.15, 0.2) is 36.4 Å². The van der Waals surface area contributed by atoms with Gasteiger partial charge in [-0.25, -0.2) is 4.39 Å². The maximum absolute atomic E-state index is 13.2. The second kappa shape index (κ2) is 5.40. The van der Waals surface area contributed by atoms with Gasteiger partial charge in [-0.2, -0.15) is 5.26 Å². The second-order valence-corrected chi connectivity index (χ2v) is 4.28. The molecule has 0 bridgehead atoms. The topological polar surface area (TPSA) is 56.0 Å². The molecule has 2 rings (SSSR count). The van der Waals surface area contributed by atoms with Crippen LogP contribution in [0.5, 0.6) is 5.75 Å². The summed E-state index contributed by atoms with van der Waals surface area (Å²) in [5.41, 5.74) is 3.15. The number of aryl methyl sites for hydroxylation is 1. The van der Waals surface area contributed by atoms with Crippen molar-refractivity contribution < 1.29 is 9.50 Å². The molecule has 96 valence electrons. The minimum atomic E-state index is -0.637. The molecule has 2 N–H and O–H groups in total. The first-order chi connectivity index (χ1) is 9.10. The molecule has 0 unspecified atom stereocenters. The van der Waals surface area contributed by atoms with Crippen molar-refractivity contribution in [2.24, 2.45) is 0 Å². The molecule has 2 aromatic rings. The molecule has 3 nitrogen and oxygen atoms in total. The molecule has 0 saturated carbocycles. The zero-order valence-electron chi connectivity index (χ0n) is 10.4. The standard InChI is InChI=1S/C15H13FN2O/c1-10-2-3-11(8-17)7-14(10)18-9-12-4-5-15(19)13(16)6-12/h2-7,18-19H,9H2,1H3. The minimum Gasteiger partial charge on any atom is -0.505 e. The SMILES string of the molecule is Cc1ccc(C#N)cc1NCc1ccc(O)c(F)c1. The van der Waals surface area contributed by atoms with Crippen LogP contribution in [0.4, 0.5) is 10.1 Å². The van der Waals surface area contributed by atoms with Gasteiger partial charge in [0, 0.05) is 12.2 Å². The summed E-state index contributed by atoms with van der Waals surface area (Å²) in [4.78, 5) is 0. The number of phenolic OH excluding ortho intramolecular Hbond substituents is 1. The molecule has 0 saturated heterocycles. The van der Waals surface area contributed by atoms with E-state index in [4.69, 9.17) is 10.4 Å². The Morgan fingerprint density at radius 2 is 2.05 bits per heavy atom. The van der Waals surface area contributed by atoms with E-state index in [0.717, 1.165) is 16.8 Å². The molecular formula is C15H13FN2O. The van der Waals surface area contributed by atoms with Crippen LogP contribution in [0.1, 0.15) is 16.7 Å². The van der Waals surface area contributed by atoms with Gasteiger partial charge in [0.2, 0.25) is 0 Å². The van der Waals surface area contributed by atoms with Gasteiger partial charge in [-0.1, -0.05) is 12.1 Å². The first-order valence-electron chi connectivity index (χ1n) is 5.82. The van der Waals surface area contributed by atoms with Crippen LogP contribution in [0.2, 0.25) is 0 Å². The Balaban J connectivity index is 2.14. The highest BCUT2D eigenvalue weighted by atomic mass is 19.1. The average molecular weight is 256 g/mol. The molecule has 0 aliphatic rings. The molecule has 0 fully saturated rings. The van der Waals surface area contributed by atoms with E-state index in [1.165, 1.54) is 12.1 Å². The van der Waals surface area contributed by atoms with E-state index in [0.29, 0.717) is 12.1 Å². The molecule has 0 heterocycles. The third-order valence-corrected chi connectivity index (χ3v) is 2.86. The van der Waals surface area contributed by atoms with Gasteiger partial charge in [-0.05, 0) is 42.3 Å². The quantitative estimate of drug-likeness (QED) is 0.885. The maximum Gasteiger partial charge on any atom is 0.165 e. The van der Waals surface area contributed by atoms with Crippen LogP contribution in [-0.4, -0.2) is 5.11 Å². The predicted molar refractivity (Wildman–Crippen MR) is 71.3 cm³/mol. The minimum absolute atomic E-state index is 0.355. The molecule has 0 amide bonds. The van der Waals surface area contributed by atoms with Crippen LogP contribution in [-0.2, 0) is 6.54 Å². The highest BCUT2D eigenvalue weighted by Crippen LogP contribution is 2.20. The summed E-state index contributed by atoms with van der Waals surface area (Å²) in [7, 11) is 0. The Hall–Kier alpha value is -2.54. The number of anilines is 1. The lowest BCUT2D eigenvalue weighted by atomic mass is 10.1. The molecule has 4 heteroatoms. The van der Waals surface area contributed by atoms with E-state index in [1.54, 1.807) is 18.2 Å². The van der Waals surface area contributed by atoms with Gasteiger partial charge in [-0.3, -0.25) is 0 Å². The van der Waals surface area contributed by atoms with Crippen LogP contribution < -0.4 is 5.32 Å². The molecule has 0 aliphatic carbocycles. The van der Waals surface area contributed by atoms with Crippen LogP contribution in [0, 0.1) is 24.1 Å². The van der Waals surface area contributed by atoms with Crippen molar-refractivity contribution >= 4 is 5.69 Å². The fourth-order valence-electron chi connectivity index (χ4n) is 1.74. The number of nitrogens with one attached hydrogen (secondary N) is 1. The highest BCUT2D eigenvalue weighted by molar-refractivity contribution is 5.55. The number of benzene rings is 2. The number of rotatable bonds is 3. The number of aromatic hydroxyl groups is 1. The van der Waals surface area contributed by atoms with Crippen molar-refractivity contribution in [3.63, 3.8) is 0 Å². The molecule has 19 heavy (non-hydrogen) atoms. The average Bonchev–Trinajstić information content (AvgIpc) is 2.41. The monoisotopic (exact) mass is 256 g/mol. The van der Waals surface area contributed by atoms with Gasteiger partial charge in [0.15, 0.2) is 11.6 Å². The van der Waals surface area contributed by atoms with Gasteiger partial charge in [0.25, 0.3) is 0 Å². The summed E-state index contributed by atoms with van der Waals surface area (Å²) in [5, 5.41) is 21.1. The van der Waals surface area contributed by atoms with Crippen molar-refractivity contribution in [3.05, 3.63) is 58.9 Å². The van der Waals surface area contributed by atoms with Crippen LogP contribution in [0.3, 0.4) is 0 Å². The number of hydrogen-bond acceptors (Lipinski definition) is 3. The molecule has 0 atom stereocenters. The predicted octanol–water partition coefficient (Wildman–Crippen LogP) is 3.32. The van der Waals surface area contributed by atoms with E-state index in [1.807, 2.05) is 13.0 Å². The fourth-order valence-corrected chi connectivity index (χ4v) is 1.74. The summed E-state index contributed by atoms with van der Waals surface area (Å²) < 4.78 is 13.2. The lowest BCUT2D eigenvalue weighted by Crippen LogP contribution is -2.01. The Bertz CT molecular complexity index is 647. The Morgan fingerprint density at radius 1 is 1.26 bits per heavy atom.